The first-order chi connectivity index (χ1) is 15.1. The van der Waals surface area contributed by atoms with E-state index in [9.17, 15) is 4.79 Å². The zero-order valence-corrected chi connectivity index (χ0v) is 17.9. The van der Waals surface area contributed by atoms with Crippen LogP contribution in [0.5, 0.6) is 0 Å². The number of nitrogens with zero attached hydrogens (tertiary/aromatic N) is 2. The van der Waals surface area contributed by atoms with Crippen molar-refractivity contribution in [2.75, 3.05) is 10.6 Å². The van der Waals surface area contributed by atoms with E-state index in [-0.39, 0.29) is 17.6 Å². The Hall–Kier alpha value is -3.10. The molecular formula is C23H26N6OS. The maximum Gasteiger partial charge on any atom is 0.254 e. The van der Waals surface area contributed by atoms with Crippen molar-refractivity contribution < 1.29 is 4.79 Å². The lowest BCUT2D eigenvalue weighted by Gasteiger charge is -2.29. The molecule has 2 aromatic carbocycles. The lowest BCUT2D eigenvalue weighted by Crippen LogP contribution is -2.43. The Morgan fingerprint density at radius 3 is 2.58 bits per heavy atom. The second-order valence-electron chi connectivity index (χ2n) is 7.59. The number of carbonyl (C=O) groups is 1. The van der Waals surface area contributed by atoms with E-state index in [1.165, 1.54) is 6.20 Å². The molecule has 4 rings (SSSR count). The molecule has 1 aliphatic carbocycles. The van der Waals surface area contributed by atoms with Crippen molar-refractivity contribution in [3.05, 3.63) is 66.4 Å². The molecule has 1 amide bonds. The molecule has 1 aliphatic rings. The standard InChI is InChI=1S/C23H26N6OS/c24-19-11-4-5-12-20(19)28-23-26-14-18(21(25)30)22(29-23)27-15-7-6-10-17(13-15)31-16-8-2-1-3-9-16/h1-3,6-10,13-14,19-20H,4-5,11-12,24H2,(H2,25,30)(H2,26,27,28,29). The van der Waals surface area contributed by atoms with Crippen LogP contribution in [-0.2, 0) is 0 Å². The summed E-state index contributed by atoms with van der Waals surface area (Å²) >= 11 is 1.66. The average Bonchev–Trinajstić information content (AvgIpc) is 2.76. The molecule has 0 spiro atoms. The maximum atomic E-state index is 11.9. The van der Waals surface area contributed by atoms with Crippen LogP contribution in [0.4, 0.5) is 17.5 Å². The SMILES string of the molecule is NC(=O)c1cnc(NC2CCCCC2N)nc1Nc1cccc(Sc2ccccc2)c1. The number of anilines is 3. The molecule has 3 aromatic rings. The number of carbonyl (C=O) groups excluding carboxylic acids is 1. The third kappa shape index (κ3) is 5.53. The molecule has 160 valence electrons. The molecule has 0 bridgehead atoms. The minimum absolute atomic E-state index is 0.0660. The number of benzene rings is 2. The van der Waals surface area contributed by atoms with Gasteiger partial charge in [-0.1, -0.05) is 48.9 Å². The predicted octanol–water partition coefficient (Wildman–Crippen LogP) is 4.15. The van der Waals surface area contributed by atoms with E-state index in [1.807, 2.05) is 42.5 Å². The minimum Gasteiger partial charge on any atom is -0.365 e. The van der Waals surface area contributed by atoms with E-state index in [1.54, 1.807) is 11.8 Å². The summed E-state index contributed by atoms with van der Waals surface area (Å²) in [6, 6.07) is 18.3. The molecule has 0 aliphatic heterocycles. The van der Waals surface area contributed by atoms with Crippen LogP contribution in [0.1, 0.15) is 36.0 Å². The number of hydrogen-bond donors (Lipinski definition) is 4. The third-order valence-electron chi connectivity index (χ3n) is 5.26. The molecule has 1 fully saturated rings. The number of hydrogen-bond acceptors (Lipinski definition) is 7. The number of nitrogens with one attached hydrogen (secondary N) is 2. The monoisotopic (exact) mass is 434 g/mol. The van der Waals surface area contributed by atoms with Crippen LogP contribution in [0, 0.1) is 0 Å². The summed E-state index contributed by atoms with van der Waals surface area (Å²) in [6.45, 7) is 0. The molecule has 1 saturated carbocycles. The van der Waals surface area contributed by atoms with Gasteiger partial charge in [0.05, 0.1) is 0 Å². The highest BCUT2D eigenvalue weighted by Crippen LogP contribution is 2.30. The van der Waals surface area contributed by atoms with Crippen molar-refractivity contribution in [1.29, 1.82) is 0 Å². The van der Waals surface area contributed by atoms with E-state index in [4.69, 9.17) is 11.5 Å². The Balaban J connectivity index is 1.55. The van der Waals surface area contributed by atoms with Gasteiger partial charge in [0.25, 0.3) is 5.91 Å². The molecule has 2 atom stereocenters. The minimum atomic E-state index is -0.585. The summed E-state index contributed by atoms with van der Waals surface area (Å²) in [5.41, 5.74) is 12.8. The second-order valence-corrected chi connectivity index (χ2v) is 8.73. The van der Waals surface area contributed by atoms with E-state index in [0.717, 1.165) is 41.2 Å². The van der Waals surface area contributed by atoms with Crippen molar-refractivity contribution in [1.82, 2.24) is 9.97 Å². The van der Waals surface area contributed by atoms with Gasteiger partial charge in [0.2, 0.25) is 5.95 Å². The zero-order valence-electron chi connectivity index (χ0n) is 17.1. The fraction of sp³-hybridized carbons (Fsp3) is 0.261. The van der Waals surface area contributed by atoms with Gasteiger partial charge in [-0.3, -0.25) is 4.79 Å². The van der Waals surface area contributed by atoms with E-state index >= 15 is 0 Å². The summed E-state index contributed by atoms with van der Waals surface area (Å²) in [4.78, 5) is 23.0. The molecule has 2 unspecified atom stereocenters. The van der Waals surface area contributed by atoms with Gasteiger partial charge >= 0.3 is 0 Å². The highest BCUT2D eigenvalue weighted by atomic mass is 32.2. The fourth-order valence-corrected chi connectivity index (χ4v) is 4.53. The van der Waals surface area contributed by atoms with Crippen LogP contribution in [0.15, 0.2) is 70.6 Å². The molecule has 0 saturated heterocycles. The number of nitrogens with two attached hydrogens (primary N) is 2. The van der Waals surface area contributed by atoms with Gasteiger partial charge < -0.3 is 22.1 Å². The molecular weight excluding hydrogens is 408 g/mol. The van der Waals surface area contributed by atoms with Crippen molar-refractivity contribution in [3.8, 4) is 0 Å². The molecule has 0 radical (unpaired) electrons. The van der Waals surface area contributed by atoms with E-state index in [0.29, 0.717) is 11.8 Å². The third-order valence-corrected chi connectivity index (χ3v) is 6.26. The van der Waals surface area contributed by atoms with Gasteiger partial charge in [-0.2, -0.15) is 4.98 Å². The number of primary amides is 1. The predicted molar refractivity (Wildman–Crippen MR) is 125 cm³/mol. The highest BCUT2D eigenvalue weighted by Gasteiger charge is 2.23. The topological polar surface area (TPSA) is 119 Å². The van der Waals surface area contributed by atoms with Crippen LogP contribution in [-0.4, -0.2) is 28.0 Å². The van der Waals surface area contributed by atoms with Gasteiger partial charge in [0.15, 0.2) is 0 Å². The number of aromatic nitrogens is 2. The molecule has 1 heterocycles. The van der Waals surface area contributed by atoms with Crippen molar-refractivity contribution in [2.24, 2.45) is 11.5 Å². The van der Waals surface area contributed by atoms with Gasteiger partial charge in [0.1, 0.15) is 11.4 Å². The summed E-state index contributed by atoms with van der Waals surface area (Å²) in [5, 5.41) is 6.56. The Bertz CT molecular complexity index is 1050. The lowest BCUT2D eigenvalue weighted by atomic mass is 9.91. The quantitative estimate of drug-likeness (QED) is 0.441. The lowest BCUT2D eigenvalue weighted by molar-refractivity contribution is 0.100. The van der Waals surface area contributed by atoms with E-state index < -0.39 is 5.91 Å². The van der Waals surface area contributed by atoms with Gasteiger partial charge in [-0.15, -0.1) is 0 Å². The molecule has 6 N–H and O–H groups in total. The summed E-state index contributed by atoms with van der Waals surface area (Å²) in [6.07, 6.45) is 5.68. The molecule has 7 nitrogen and oxygen atoms in total. The van der Waals surface area contributed by atoms with Crippen molar-refractivity contribution >= 4 is 35.1 Å². The first-order valence-corrected chi connectivity index (χ1v) is 11.2. The number of amides is 1. The van der Waals surface area contributed by atoms with Crippen molar-refractivity contribution in [3.63, 3.8) is 0 Å². The van der Waals surface area contributed by atoms with Gasteiger partial charge in [-0.25, -0.2) is 4.98 Å². The smallest absolute Gasteiger partial charge is 0.254 e. The second kappa shape index (κ2) is 9.80. The summed E-state index contributed by atoms with van der Waals surface area (Å²) in [7, 11) is 0. The molecule has 31 heavy (non-hydrogen) atoms. The first-order valence-electron chi connectivity index (χ1n) is 10.4. The van der Waals surface area contributed by atoms with Crippen LogP contribution in [0.3, 0.4) is 0 Å². The van der Waals surface area contributed by atoms with Crippen LogP contribution in [0.2, 0.25) is 0 Å². The van der Waals surface area contributed by atoms with Crippen LogP contribution in [0.25, 0.3) is 0 Å². The fourth-order valence-electron chi connectivity index (χ4n) is 3.63. The molecule has 8 heteroatoms. The van der Waals surface area contributed by atoms with Gasteiger partial charge in [-0.05, 0) is 43.2 Å². The van der Waals surface area contributed by atoms with E-state index in [2.05, 4.69) is 32.7 Å². The van der Waals surface area contributed by atoms with Gasteiger partial charge in [0, 0.05) is 33.8 Å². The maximum absolute atomic E-state index is 11.9. The van der Waals surface area contributed by atoms with Crippen molar-refractivity contribution in [2.45, 2.75) is 47.6 Å². The zero-order chi connectivity index (χ0) is 21.6. The Kier molecular flexibility index (Phi) is 6.69. The Morgan fingerprint density at radius 2 is 1.81 bits per heavy atom. The summed E-state index contributed by atoms with van der Waals surface area (Å²) in [5.74, 6) is 0.221. The van der Waals surface area contributed by atoms with Crippen LogP contribution >= 0.6 is 11.8 Å². The molecule has 1 aromatic heterocycles. The first kappa shape index (κ1) is 21.1. The number of rotatable bonds is 7. The Labute approximate surface area is 186 Å². The summed E-state index contributed by atoms with van der Waals surface area (Å²) < 4.78 is 0. The normalized spacial score (nSPS) is 18.4. The van der Waals surface area contributed by atoms with Crippen LogP contribution < -0.4 is 22.1 Å². The Morgan fingerprint density at radius 1 is 1.03 bits per heavy atom. The largest absolute Gasteiger partial charge is 0.365 e. The highest BCUT2D eigenvalue weighted by molar-refractivity contribution is 7.99. The average molecular weight is 435 g/mol.